The van der Waals surface area contributed by atoms with Crippen molar-refractivity contribution in [1.82, 2.24) is 4.31 Å². The van der Waals surface area contributed by atoms with Gasteiger partial charge in [-0.05, 0) is 30.7 Å². The number of aryl methyl sites for hydroxylation is 1. The molecule has 7 nitrogen and oxygen atoms in total. The van der Waals surface area contributed by atoms with Crippen molar-refractivity contribution in [3.63, 3.8) is 0 Å². The van der Waals surface area contributed by atoms with Crippen molar-refractivity contribution in [2.75, 3.05) is 26.3 Å². The van der Waals surface area contributed by atoms with Crippen molar-refractivity contribution in [3.05, 3.63) is 53.5 Å². The van der Waals surface area contributed by atoms with Crippen LogP contribution in [-0.2, 0) is 26.1 Å². The van der Waals surface area contributed by atoms with Gasteiger partial charge in [-0.25, -0.2) is 13.2 Å². The molecule has 25 heavy (non-hydrogen) atoms. The number of esters is 1. The fraction of sp³-hybridized carbons (Fsp3) is 0.353. The first kappa shape index (κ1) is 17.7. The second-order valence-corrected chi connectivity index (χ2v) is 7.61. The van der Waals surface area contributed by atoms with Crippen molar-refractivity contribution >= 4 is 16.0 Å². The molecule has 1 saturated heterocycles. The van der Waals surface area contributed by atoms with Gasteiger partial charge in [-0.2, -0.15) is 4.31 Å². The summed E-state index contributed by atoms with van der Waals surface area (Å²) < 4.78 is 42.2. The minimum absolute atomic E-state index is 0.0363. The number of rotatable bonds is 5. The Morgan fingerprint density at radius 3 is 2.68 bits per heavy atom. The summed E-state index contributed by atoms with van der Waals surface area (Å²) in [6.45, 7) is 3.15. The molecule has 0 atom stereocenters. The zero-order chi connectivity index (χ0) is 17.9. The number of morpholine rings is 1. The molecule has 134 valence electrons. The van der Waals surface area contributed by atoms with Gasteiger partial charge in [0.05, 0.1) is 24.4 Å². The zero-order valence-corrected chi connectivity index (χ0v) is 14.6. The molecule has 0 spiro atoms. The summed E-state index contributed by atoms with van der Waals surface area (Å²) >= 11 is 0. The molecule has 0 radical (unpaired) electrons. The second kappa shape index (κ2) is 7.38. The Morgan fingerprint density at radius 1 is 1.24 bits per heavy atom. The number of hydrogen-bond acceptors (Lipinski definition) is 6. The van der Waals surface area contributed by atoms with Crippen LogP contribution in [0.4, 0.5) is 0 Å². The fourth-order valence-electron chi connectivity index (χ4n) is 2.53. The minimum Gasteiger partial charge on any atom is -0.457 e. The van der Waals surface area contributed by atoms with Gasteiger partial charge < -0.3 is 13.9 Å². The van der Waals surface area contributed by atoms with E-state index in [-0.39, 0.29) is 17.3 Å². The SMILES string of the molecule is Cc1ccoc1C(=O)OCc1cccc(S(=O)(=O)N2CCOCC2)c1. The van der Waals surface area contributed by atoms with Crippen molar-refractivity contribution in [2.45, 2.75) is 18.4 Å². The molecule has 1 aliphatic heterocycles. The number of sulfonamides is 1. The molecule has 0 amide bonds. The predicted octanol–water partition coefficient (Wildman–Crippen LogP) is 1.97. The Balaban J connectivity index is 1.71. The van der Waals surface area contributed by atoms with E-state index in [9.17, 15) is 13.2 Å². The summed E-state index contributed by atoms with van der Waals surface area (Å²) in [6.07, 6.45) is 1.42. The molecular formula is C17H19NO6S. The number of benzene rings is 1. The molecule has 1 aromatic heterocycles. The van der Waals surface area contributed by atoms with Gasteiger partial charge in [-0.15, -0.1) is 0 Å². The highest BCUT2D eigenvalue weighted by Gasteiger charge is 2.26. The number of ether oxygens (including phenoxy) is 2. The molecule has 1 aromatic carbocycles. The smallest absolute Gasteiger partial charge is 0.374 e. The van der Waals surface area contributed by atoms with E-state index in [1.54, 1.807) is 25.1 Å². The van der Waals surface area contributed by atoms with E-state index in [1.165, 1.54) is 22.7 Å². The molecule has 0 unspecified atom stereocenters. The molecule has 1 fully saturated rings. The number of furan rings is 1. The van der Waals surface area contributed by atoms with Crippen LogP contribution in [0.2, 0.25) is 0 Å². The van der Waals surface area contributed by atoms with Crippen LogP contribution in [0.25, 0.3) is 0 Å². The Labute approximate surface area is 146 Å². The highest BCUT2D eigenvalue weighted by Crippen LogP contribution is 2.19. The minimum atomic E-state index is -3.58. The van der Waals surface area contributed by atoms with E-state index in [4.69, 9.17) is 13.9 Å². The average molecular weight is 365 g/mol. The van der Waals surface area contributed by atoms with Gasteiger partial charge >= 0.3 is 5.97 Å². The quantitative estimate of drug-likeness (QED) is 0.753. The van der Waals surface area contributed by atoms with E-state index >= 15 is 0 Å². The topological polar surface area (TPSA) is 86.0 Å². The van der Waals surface area contributed by atoms with E-state index in [0.717, 1.165) is 0 Å². The van der Waals surface area contributed by atoms with Crippen molar-refractivity contribution in [2.24, 2.45) is 0 Å². The predicted molar refractivity (Wildman–Crippen MR) is 88.6 cm³/mol. The summed E-state index contributed by atoms with van der Waals surface area (Å²) in [6, 6.07) is 8.07. The molecule has 0 aliphatic carbocycles. The monoisotopic (exact) mass is 365 g/mol. The first-order valence-electron chi connectivity index (χ1n) is 7.86. The van der Waals surface area contributed by atoms with Gasteiger partial charge in [0, 0.05) is 18.7 Å². The number of nitrogens with zero attached hydrogens (tertiary/aromatic N) is 1. The van der Waals surface area contributed by atoms with Crippen LogP contribution in [0.5, 0.6) is 0 Å². The molecule has 2 heterocycles. The van der Waals surface area contributed by atoms with Crippen LogP contribution in [0, 0.1) is 6.92 Å². The largest absolute Gasteiger partial charge is 0.457 e. The standard InChI is InChI=1S/C17H19NO6S/c1-13-5-8-23-16(13)17(19)24-12-14-3-2-4-15(11-14)25(20,21)18-6-9-22-10-7-18/h2-5,8,11H,6-7,9-10,12H2,1H3. The fourth-order valence-corrected chi connectivity index (χ4v) is 4.01. The molecule has 0 saturated carbocycles. The Hall–Kier alpha value is -2.16. The van der Waals surface area contributed by atoms with Crippen LogP contribution in [0.3, 0.4) is 0 Å². The first-order valence-corrected chi connectivity index (χ1v) is 9.30. The van der Waals surface area contributed by atoms with Crippen molar-refractivity contribution < 1.29 is 27.1 Å². The van der Waals surface area contributed by atoms with Gasteiger partial charge in [0.15, 0.2) is 0 Å². The number of hydrogen-bond donors (Lipinski definition) is 0. The molecular weight excluding hydrogens is 346 g/mol. The van der Waals surface area contributed by atoms with E-state index in [1.807, 2.05) is 0 Å². The summed E-state index contributed by atoms with van der Waals surface area (Å²) in [5.41, 5.74) is 1.28. The third-order valence-electron chi connectivity index (χ3n) is 3.92. The highest BCUT2D eigenvalue weighted by atomic mass is 32.2. The molecule has 1 aliphatic rings. The van der Waals surface area contributed by atoms with Gasteiger partial charge in [0.25, 0.3) is 0 Å². The van der Waals surface area contributed by atoms with Crippen LogP contribution in [0.1, 0.15) is 21.7 Å². The van der Waals surface area contributed by atoms with Crippen molar-refractivity contribution in [1.29, 1.82) is 0 Å². The third-order valence-corrected chi connectivity index (χ3v) is 5.82. The average Bonchev–Trinajstić information content (AvgIpc) is 3.07. The number of carbonyl (C=O) groups excluding carboxylic acids is 1. The van der Waals surface area contributed by atoms with Gasteiger partial charge in [0.2, 0.25) is 15.8 Å². The van der Waals surface area contributed by atoms with Crippen LogP contribution < -0.4 is 0 Å². The third kappa shape index (κ3) is 3.92. The highest BCUT2D eigenvalue weighted by molar-refractivity contribution is 7.89. The maximum absolute atomic E-state index is 12.7. The van der Waals surface area contributed by atoms with E-state index < -0.39 is 16.0 Å². The summed E-state index contributed by atoms with van der Waals surface area (Å²) in [5, 5.41) is 0. The molecule has 0 N–H and O–H groups in total. The summed E-state index contributed by atoms with van der Waals surface area (Å²) in [4.78, 5) is 12.2. The maximum Gasteiger partial charge on any atom is 0.374 e. The second-order valence-electron chi connectivity index (χ2n) is 5.67. The van der Waals surface area contributed by atoms with Gasteiger partial charge in [0.1, 0.15) is 6.61 Å². The molecule has 2 aromatic rings. The maximum atomic E-state index is 12.7. The molecule has 3 rings (SSSR count). The van der Waals surface area contributed by atoms with Gasteiger partial charge in [-0.3, -0.25) is 0 Å². The first-order chi connectivity index (χ1) is 12.0. The lowest BCUT2D eigenvalue weighted by Crippen LogP contribution is -2.40. The lowest BCUT2D eigenvalue weighted by atomic mass is 10.2. The van der Waals surface area contributed by atoms with E-state index in [2.05, 4.69) is 0 Å². The van der Waals surface area contributed by atoms with Crippen LogP contribution in [-0.4, -0.2) is 45.0 Å². The van der Waals surface area contributed by atoms with Crippen molar-refractivity contribution in [3.8, 4) is 0 Å². The summed E-state index contributed by atoms with van der Waals surface area (Å²) in [5.74, 6) is -0.430. The Bertz CT molecular complexity index is 852. The molecule has 0 bridgehead atoms. The van der Waals surface area contributed by atoms with Crippen LogP contribution in [0.15, 0.2) is 45.9 Å². The van der Waals surface area contributed by atoms with E-state index in [0.29, 0.717) is 37.4 Å². The number of carbonyl (C=O) groups is 1. The zero-order valence-electron chi connectivity index (χ0n) is 13.8. The Kier molecular flexibility index (Phi) is 5.22. The van der Waals surface area contributed by atoms with Crippen LogP contribution >= 0.6 is 0 Å². The Morgan fingerprint density at radius 2 is 2.00 bits per heavy atom. The lowest BCUT2D eigenvalue weighted by Gasteiger charge is -2.26. The summed E-state index contributed by atoms with van der Waals surface area (Å²) in [7, 11) is -3.58. The molecule has 8 heteroatoms. The van der Waals surface area contributed by atoms with Gasteiger partial charge in [-0.1, -0.05) is 12.1 Å². The normalized spacial score (nSPS) is 15.9. The lowest BCUT2D eigenvalue weighted by molar-refractivity contribution is 0.0434.